The second-order valence-electron chi connectivity index (χ2n) is 3.88. The minimum atomic E-state index is -0.307. The van der Waals surface area contributed by atoms with Crippen molar-refractivity contribution >= 4 is 12.1 Å². The summed E-state index contributed by atoms with van der Waals surface area (Å²) in [5, 5.41) is 3.83. The van der Waals surface area contributed by atoms with Gasteiger partial charge in [-0.05, 0) is 37.3 Å². The smallest absolute Gasteiger partial charge is 0.271 e. The molecule has 5 nitrogen and oxygen atoms in total. The van der Waals surface area contributed by atoms with E-state index in [0.29, 0.717) is 17.1 Å². The number of hydrazone groups is 1. The molecule has 1 aromatic carbocycles. The highest BCUT2D eigenvalue weighted by Crippen LogP contribution is 2.12. The molecule has 0 saturated carbocycles. The molecule has 2 aromatic rings. The largest absolute Gasteiger partial charge is 0.497 e. The normalized spacial score (nSPS) is 10.6. The van der Waals surface area contributed by atoms with E-state index < -0.39 is 0 Å². The molecule has 0 fully saturated rings. The highest BCUT2D eigenvalue weighted by Gasteiger charge is 2.05. The maximum absolute atomic E-state index is 11.8. The minimum absolute atomic E-state index is 0.307. The average molecular weight is 258 g/mol. The van der Waals surface area contributed by atoms with E-state index in [1.54, 1.807) is 37.4 Å². The fourth-order valence-corrected chi connectivity index (χ4v) is 1.51. The summed E-state index contributed by atoms with van der Waals surface area (Å²) in [6, 6.07) is 10.4. The van der Waals surface area contributed by atoms with E-state index >= 15 is 0 Å². The minimum Gasteiger partial charge on any atom is -0.497 e. The number of rotatable bonds is 4. The number of nitrogens with zero attached hydrogens (tertiary/aromatic N) is 1. The second kappa shape index (κ2) is 5.86. The van der Waals surface area contributed by atoms with Gasteiger partial charge >= 0.3 is 0 Å². The zero-order chi connectivity index (χ0) is 13.7. The van der Waals surface area contributed by atoms with Gasteiger partial charge in [0.05, 0.1) is 13.3 Å². The first-order chi connectivity index (χ1) is 9.19. The summed E-state index contributed by atoms with van der Waals surface area (Å²) in [6.07, 6.45) is 1.45. The lowest BCUT2D eigenvalue weighted by atomic mass is 10.2. The molecule has 5 heteroatoms. The number of carbonyl (C=O) groups is 1. The van der Waals surface area contributed by atoms with Crippen molar-refractivity contribution in [2.45, 2.75) is 6.92 Å². The molecule has 98 valence electrons. The summed E-state index contributed by atoms with van der Waals surface area (Å²) < 4.78 is 10.3. The molecule has 1 aromatic heterocycles. The number of hydrogen-bond donors (Lipinski definition) is 1. The van der Waals surface area contributed by atoms with Gasteiger partial charge in [0.1, 0.15) is 17.3 Å². The van der Waals surface area contributed by atoms with Crippen molar-refractivity contribution in [1.29, 1.82) is 0 Å². The summed E-state index contributed by atoms with van der Waals surface area (Å²) in [4.78, 5) is 11.8. The van der Waals surface area contributed by atoms with Crippen molar-refractivity contribution in [3.8, 4) is 5.75 Å². The van der Waals surface area contributed by atoms with Crippen LogP contribution in [0.15, 0.2) is 45.9 Å². The molecule has 0 atom stereocenters. The van der Waals surface area contributed by atoms with E-state index in [-0.39, 0.29) is 5.91 Å². The number of nitrogens with one attached hydrogen (secondary N) is 1. The topological polar surface area (TPSA) is 63.8 Å². The highest BCUT2D eigenvalue weighted by atomic mass is 16.5. The predicted octanol–water partition coefficient (Wildman–Crippen LogP) is 2.36. The lowest BCUT2D eigenvalue weighted by Gasteiger charge is -2.02. The Balaban J connectivity index is 1.99. The first-order valence-electron chi connectivity index (χ1n) is 5.73. The number of hydrogen-bond acceptors (Lipinski definition) is 4. The lowest BCUT2D eigenvalue weighted by Crippen LogP contribution is -2.17. The van der Waals surface area contributed by atoms with Gasteiger partial charge in [0.2, 0.25) is 0 Å². The van der Waals surface area contributed by atoms with Crippen LogP contribution in [-0.2, 0) is 0 Å². The Hall–Kier alpha value is -2.56. The molecule has 1 heterocycles. The van der Waals surface area contributed by atoms with Gasteiger partial charge in [-0.2, -0.15) is 5.10 Å². The Kier molecular flexibility index (Phi) is 3.97. The van der Waals surface area contributed by atoms with Gasteiger partial charge in [-0.15, -0.1) is 0 Å². The maximum Gasteiger partial charge on any atom is 0.271 e. The Morgan fingerprint density at radius 1 is 1.37 bits per heavy atom. The molecule has 0 spiro atoms. The number of furan rings is 1. The average Bonchev–Trinajstić information content (AvgIpc) is 2.84. The van der Waals surface area contributed by atoms with Crippen LogP contribution in [-0.4, -0.2) is 19.2 Å². The van der Waals surface area contributed by atoms with Crippen LogP contribution in [0, 0.1) is 6.92 Å². The van der Waals surface area contributed by atoms with Gasteiger partial charge in [0, 0.05) is 5.56 Å². The highest BCUT2D eigenvalue weighted by molar-refractivity contribution is 5.95. The molecule has 0 radical (unpaired) electrons. The number of carbonyl (C=O) groups excluding carboxylic acids is 1. The van der Waals surface area contributed by atoms with Gasteiger partial charge < -0.3 is 9.15 Å². The van der Waals surface area contributed by atoms with Gasteiger partial charge in [0.15, 0.2) is 0 Å². The zero-order valence-corrected chi connectivity index (χ0v) is 10.7. The predicted molar refractivity (Wildman–Crippen MR) is 71.5 cm³/mol. The van der Waals surface area contributed by atoms with E-state index in [0.717, 1.165) is 5.76 Å². The summed E-state index contributed by atoms with van der Waals surface area (Å²) in [5.41, 5.74) is 2.90. The van der Waals surface area contributed by atoms with Crippen LogP contribution in [0.5, 0.6) is 5.75 Å². The van der Waals surface area contributed by atoms with Crippen LogP contribution in [0.25, 0.3) is 0 Å². The Morgan fingerprint density at radius 2 is 2.21 bits per heavy atom. The molecule has 1 N–H and O–H groups in total. The van der Waals surface area contributed by atoms with Crippen LogP contribution < -0.4 is 10.2 Å². The zero-order valence-electron chi connectivity index (χ0n) is 10.7. The summed E-state index contributed by atoms with van der Waals surface area (Å²) in [6.45, 7) is 1.84. The summed E-state index contributed by atoms with van der Waals surface area (Å²) in [5.74, 6) is 1.70. The fourth-order valence-electron chi connectivity index (χ4n) is 1.51. The molecule has 2 rings (SSSR count). The van der Waals surface area contributed by atoms with Crippen LogP contribution in [0.3, 0.4) is 0 Å². The second-order valence-corrected chi connectivity index (χ2v) is 3.88. The number of ether oxygens (including phenoxy) is 1. The van der Waals surface area contributed by atoms with Crippen LogP contribution >= 0.6 is 0 Å². The molecule has 0 aliphatic rings. The Morgan fingerprint density at radius 3 is 2.89 bits per heavy atom. The third kappa shape index (κ3) is 3.45. The van der Waals surface area contributed by atoms with Crippen molar-refractivity contribution in [3.63, 3.8) is 0 Å². The van der Waals surface area contributed by atoms with Gasteiger partial charge in [-0.1, -0.05) is 6.07 Å². The molecular formula is C14H14N2O3. The monoisotopic (exact) mass is 258 g/mol. The van der Waals surface area contributed by atoms with Crippen LogP contribution in [0.1, 0.15) is 21.9 Å². The SMILES string of the molecule is COc1cccc(C(=O)N/N=C\c2ccc(C)o2)c1. The number of benzene rings is 1. The Bertz CT molecular complexity index is 602. The Labute approximate surface area is 110 Å². The molecule has 19 heavy (non-hydrogen) atoms. The van der Waals surface area contributed by atoms with Crippen molar-refractivity contribution in [3.05, 3.63) is 53.5 Å². The summed E-state index contributed by atoms with van der Waals surface area (Å²) >= 11 is 0. The van der Waals surface area contributed by atoms with Crippen LogP contribution in [0.4, 0.5) is 0 Å². The lowest BCUT2D eigenvalue weighted by molar-refractivity contribution is 0.0955. The van der Waals surface area contributed by atoms with Crippen LogP contribution in [0.2, 0.25) is 0 Å². The number of aryl methyl sites for hydroxylation is 1. The standard InChI is InChI=1S/C14H14N2O3/c1-10-6-7-13(19-10)9-15-16-14(17)11-4-3-5-12(8-11)18-2/h3-9H,1-2H3,(H,16,17)/b15-9-. The van der Waals surface area contributed by atoms with Gasteiger partial charge in [0.25, 0.3) is 5.91 Å². The van der Waals surface area contributed by atoms with E-state index in [4.69, 9.17) is 9.15 Å². The molecule has 0 saturated heterocycles. The first kappa shape index (κ1) is 12.9. The van der Waals surface area contributed by atoms with E-state index in [1.807, 2.05) is 13.0 Å². The van der Waals surface area contributed by atoms with E-state index in [9.17, 15) is 4.79 Å². The van der Waals surface area contributed by atoms with Gasteiger partial charge in [-0.3, -0.25) is 4.79 Å². The maximum atomic E-state index is 11.8. The molecular weight excluding hydrogens is 244 g/mol. The summed E-state index contributed by atoms with van der Waals surface area (Å²) in [7, 11) is 1.55. The van der Waals surface area contributed by atoms with Crippen molar-refractivity contribution in [2.24, 2.45) is 5.10 Å². The van der Waals surface area contributed by atoms with Gasteiger partial charge in [-0.25, -0.2) is 5.43 Å². The van der Waals surface area contributed by atoms with E-state index in [2.05, 4.69) is 10.5 Å². The number of amides is 1. The molecule has 0 bridgehead atoms. The van der Waals surface area contributed by atoms with E-state index in [1.165, 1.54) is 6.21 Å². The van der Waals surface area contributed by atoms with Crippen molar-refractivity contribution in [1.82, 2.24) is 5.43 Å². The third-order valence-electron chi connectivity index (χ3n) is 2.45. The first-order valence-corrected chi connectivity index (χ1v) is 5.73. The molecule has 0 aliphatic heterocycles. The number of methoxy groups -OCH3 is 1. The fraction of sp³-hybridized carbons (Fsp3) is 0.143. The van der Waals surface area contributed by atoms with Crippen molar-refractivity contribution in [2.75, 3.05) is 7.11 Å². The molecule has 0 unspecified atom stereocenters. The quantitative estimate of drug-likeness (QED) is 0.676. The molecule has 1 amide bonds. The molecule has 0 aliphatic carbocycles. The third-order valence-corrected chi connectivity index (χ3v) is 2.45. The van der Waals surface area contributed by atoms with Crippen molar-refractivity contribution < 1.29 is 13.9 Å².